The van der Waals surface area contributed by atoms with Crippen molar-refractivity contribution in [1.29, 1.82) is 0 Å². The maximum absolute atomic E-state index is 6.51. The van der Waals surface area contributed by atoms with Crippen molar-refractivity contribution in [2.45, 2.75) is 0 Å². The van der Waals surface area contributed by atoms with E-state index in [1.54, 1.807) is 11.3 Å². The summed E-state index contributed by atoms with van der Waals surface area (Å²) < 4.78 is 11.2. The van der Waals surface area contributed by atoms with Gasteiger partial charge < -0.3 is 8.98 Å². The largest absolute Gasteiger partial charge is 0.456 e. The molecule has 0 fully saturated rings. The molecule has 0 bridgehead atoms. The number of nitrogens with zero attached hydrogens (tertiary/aromatic N) is 4. The van der Waals surface area contributed by atoms with Crippen LogP contribution < -0.4 is 0 Å². The predicted molar refractivity (Wildman–Crippen MR) is 211 cm³/mol. The van der Waals surface area contributed by atoms with Gasteiger partial charge in [0.05, 0.1) is 11.0 Å². The van der Waals surface area contributed by atoms with Crippen LogP contribution in [0.15, 0.2) is 162 Å². The maximum atomic E-state index is 6.51. The molecule has 0 aliphatic heterocycles. The van der Waals surface area contributed by atoms with E-state index in [4.69, 9.17) is 19.4 Å². The fourth-order valence-electron chi connectivity index (χ4n) is 7.54. The number of fused-ring (bicyclic) bond motifs is 9. The van der Waals surface area contributed by atoms with Crippen molar-refractivity contribution in [3.63, 3.8) is 0 Å². The zero-order valence-corrected chi connectivity index (χ0v) is 27.9. The molecule has 0 atom stereocenters. The van der Waals surface area contributed by atoms with E-state index in [9.17, 15) is 0 Å². The molecule has 11 rings (SSSR count). The first-order chi connectivity index (χ1) is 25.3. The molecule has 6 heteroatoms. The summed E-state index contributed by atoms with van der Waals surface area (Å²) in [6, 6.07) is 54.9. The molecule has 238 valence electrons. The number of furan rings is 1. The first-order valence-electron chi connectivity index (χ1n) is 16.9. The standard InChI is InChI=1S/C45H26N4OS/c1-3-12-27(13-4-1)43-46-44(28-14-5-2-6-15-28)48-45(47-43)32-18-11-21-40-42(32)35-25-34-33-24-29(22-23-38(33)50-39(34)26-41(35)51-40)49-36-19-9-7-16-30(36)31-17-8-10-20-37(31)49/h1-26H. The van der Waals surface area contributed by atoms with Crippen molar-refractivity contribution in [1.82, 2.24) is 19.5 Å². The second-order valence-electron chi connectivity index (χ2n) is 12.8. The molecule has 0 spiro atoms. The lowest BCUT2D eigenvalue weighted by molar-refractivity contribution is 0.669. The molecule has 0 saturated heterocycles. The van der Waals surface area contributed by atoms with Crippen LogP contribution in [0.4, 0.5) is 0 Å². The second kappa shape index (κ2) is 10.9. The number of benzene rings is 7. The lowest BCUT2D eigenvalue weighted by Gasteiger charge is -2.09. The number of para-hydroxylation sites is 2. The van der Waals surface area contributed by atoms with Crippen LogP contribution in [0.5, 0.6) is 0 Å². The fourth-order valence-corrected chi connectivity index (χ4v) is 8.68. The molecule has 0 unspecified atom stereocenters. The van der Waals surface area contributed by atoms with Crippen LogP contribution in [-0.2, 0) is 0 Å². The number of hydrogen-bond donors (Lipinski definition) is 0. The molecule has 51 heavy (non-hydrogen) atoms. The molecule has 0 amide bonds. The highest BCUT2D eigenvalue weighted by Crippen LogP contribution is 2.44. The second-order valence-corrected chi connectivity index (χ2v) is 13.9. The average molecular weight is 671 g/mol. The Bertz CT molecular complexity index is 3030. The molecule has 4 heterocycles. The van der Waals surface area contributed by atoms with Crippen molar-refractivity contribution in [3.8, 4) is 39.9 Å². The Morgan fingerprint density at radius 1 is 0.431 bits per heavy atom. The van der Waals surface area contributed by atoms with E-state index in [-0.39, 0.29) is 0 Å². The zero-order valence-electron chi connectivity index (χ0n) is 27.1. The zero-order chi connectivity index (χ0) is 33.5. The normalized spacial score (nSPS) is 11.9. The Kier molecular flexibility index (Phi) is 6.05. The molecular formula is C45H26N4OS. The number of rotatable bonds is 4. The minimum atomic E-state index is 0.650. The van der Waals surface area contributed by atoms with Crippen molar-refractivity contribution in [3.05, 3.63) is 158 Å². The molecule has 0 aliphatic carbocycles. The van der Waals surface area contributed by atoms with Crippen LogP contribution in [0.25, 0.3) is 104 Å². The van der Waals surface area contributed by atoms with E-state index < -0.39 is 0 Å². The first kappa shape index (κ1) is 28.2. The summed E-state index contributed by atoms with van der Waals surface area (Å²) >= 11 is 1.77. The van der Waals surface area contributed by atoms with Crippen LogP contribution >= 0.6 is 11.3 Å². The summed E-state index contributed by atoms with van der Waals surface area (Å²) in [7, 11) is 0. The summed E-state index contributed by atoms with van der Waals surface area (Å²) in [4.78, 5) is 15.1. The number of aromatic nitrogens is 4. The summed E-state index contributed by atoms with van der Waals surface area (Å²) in [6.07, 6.45) is 0. The van der Waals surface area contributed by atoms with Gasteiger partial charge in [-0.1, -0.05) is 109 Å². The smallest absolute Gasteiger partial charge is 0.164 e. The third-order valence-electron chi connectivity index (χ3n) is 9.85. The van der Waals surface area contributed by atoms with Gasteiger partial charge in [-0.3, -0.25) is 0 Å². The van der Waals surface area contributed by atoms with Crippen LogP contribution in [0.2, 0.25) is 0 Å². The Morgan fingerprint density at radius 2 is 1.04 bits per heavy atom. The van der Waals surface area contributed by atoms with Gasteiger partial charge in [-0.15, -0.1) is 11.3 Å². The van der Waals surface area contributed by atoms with Crippen molar-refractivity contribution >= 4 is 75.3 Å². The van der Waals surface area contributed by atoms with Gasteiger partial charge in [0.1, 0.15) is 11.2 Å². The van der Waals surface area contributed by atoms with Gasteiger partial charge in [0.15, 0.2) is 17.5 Å². The molecule has 0 radical (unpaired) electrons. The van der Waals surface area contributed by atoms with E-state index in [2.05, 4.69) is 102 Å². The molecule has 0 N–H and O–H groups in total. The van der Waals surface area contributed by atoms with Crippen molar-refractivity contribution in [2.24, 2.45) is 0 Å². The van der Waals surface area contributed by atoms with Gasteiger partial charge in [-0.25, -0.2) is 15.0 Å². The van der Waals surface area contributed by atoms with Crippen LogP contribution in [0.1, 0.15) is 0 Å². The Hall–Kier alpha value is -6.63. The van der Waals surface area contributed by atoms with Gasteiger partial charge in [0.2, 0.25) is 0 Å². The van der Waals surface area contributed by atoms with E-state index in [1.165, 1.54) is 26.5 Å². The van der Waals surface area contributed by atoms with Gasteiger partial charge in [0, 0.05) is 64.1 Å². The minimum Gasteiger partial charge on any atom is -0.456 e. The SMILES string of the molecule is c1ccc(-c2nc(-c3ccccc3)nc(-c3cccc4sc5cc6oc7ccc(-n8c9ccccc9c9ccccc98)cc7c6cc5c34)n2)cc1. The van der Waals surface area contributed by atoms with Gasteiger partial charge >= 0.3 is 0 Å². The third kappa shape index (κ3) is 4.37. The van der Waals surface area contributed by atoms with E-state index >= 15 is 0 Å². The Balaban J connectivity index is 1.15. The van der Waals surface area contributed by atoms with Crippen molar-refractivity contribution in [2.75, 3.05) is 0 Å². The Morgan fingerprint density at radius 3 is 1.73 bits per heavy atom. The maximum Gasteiger partial charge on any atom is 0.164 e. The van der Waals surface area contributed by atoms with Crippen LogP contribution in [0.3, 0.4) is 0 Å². The third-order valence-corrected chi connectivity index (χ3v) is 11.0. The van der Waals surface area contributed by atoms with Gasteiger partial charge in [0.25, 0.3) is 0 Å². The lowest BCUT2D eigenvalue weighted by atomic mass is 10.0. The lowest BCUT2D eigenvalue weighted by Crippen LogP contribution is -2.00. The van der Waals surface area contributed by atoms with Crippen LogP contribution in [0, 0.1) is 0 Å². The molecule has 5 nitrogen and oxygen atoms in total. The van der Waals surface area contributed by atoms with E-state index in [0.717, 1.165) is 59.8 Å². The quantitative estimate of drug-likeness (QED) is 0.187. The predicted octanol–water partition coefficient (Wildman–Crippen LogP) is 12.2. The van der Waals surface area contributed by atoms with Crippen LogP contribution in [-0.4, -0.2) is 19.5 Å². The topological polar surface area (TPSA) is 56.7 Å². The Labute approximate surface area is 295 Å². The average Bonchev–Trinajstić information content (AvgIpc) is 3.86. The molecule has 0 saturated carbocycles. The van der Waals surface area contributed by atoms with Gasteiger partial charge in [-0.2, -0.15) is 0 Å². The number of hydrogen-bond acceptors (Lipinski definition) is 5. The molecule has 7 aromatic carbocycles. The van der Waals surface area contributed by atoms with E-state index in [0.29, 0.717) is 17.5 Å². The highest BCUT2D eigenvalue weighted by atomic mass is 32.1. The molecule has 4 aromatic heterocycles. The monoisotopic (exact) mass is 670 g/mol. The minimum absolute atomic E-state index is 0.650. The van der Waals surface area contributed by atoms with Gasteiger partial charge in [-0.05, 0) is 48.5 Å². The molecule has 11 aromatic rings. The summed E-state index contributed by atoms with van der Waals surface area (Å²) in [6.45, 7) is 0. The highest BCUT2D eigenvalue weighted by molar-refractivity contribution is 7.26. The molecule has 0 aliphatic rings. The highest BCUT2D eigenvalue weighted by Gasteiger charge is 2.19. The summed E-state index contributed by atoms with van der Waals surface area (Å²) in [5.74, 6) is 1.95. The molecular weight excluding hydrogens is 645 g/mol. The summed E-state index contributed by atoms with van der Waals surface area (Å²) in [5.41, 5.74) is 8.10. The van der Waals surface area contributed by atoms with Crippen molar-refractivity contribution < 1.29 is 4.42 Å². The summed E-state index contributed by atoms with van der Waals surface area (Å²) in [5, 5.41) is 6.95. The van der Waals surface area contributed by atoms with E-state index in [1.807, 2.05) is 60.7 Å². The first-order valence-corrected chi connectivity index (χ1v) is 17.8. The fraction of sp³-hybridized carbons (Fsp3) is 0. The number of thiophene rings is 1.